The van der Waals surface area contributed by atoms with Gasteiger partial charge in [-0.3, -0.25) is 0 Å². The molecule has 40 heavy (non-hydrogen) atoms. The van der Waals surface area contributed by atoms with Gasteiger partial charge in [0.15, 0.2) is 0 Å². The lowest BCUT2D eigenvalue weighted by atomic mass is 9.80. The summed E-state index contributed by atoms with van der Waals surface area (Å²) in [5, 5.41) is 0. The highest BCUT2D eigenvalue weighted by Gasteiger charge is 2.32. The zero-order valence-corrected chi connectivity index (χ0v) is 26.7. The van der Waals surface area contributed by atoms with Crippen LogP contribution in [0.3, 0.4) is 0 Å². The first-order valence-electron chi connectivity index (χ1n) is 14.8. The molecule has 0 spiro atoms. The summed E-state index contributed by atoms with van der Waals surface area (Å²) in [6, 6.07) is 0. The average Bonchev–Trinajstić information content (AvgIpc) is 2.90. The molecule has 0 aromatic rings. The third kappa shape index (κ3) is 14.0. The van der Waals surface area contributed by atoms with Crippen molar-refractivity contribution in [2.45, 2.75) is 113 Å². The molecule has 4 heteroatoms. The molecule has 0 fully saturated rings. The van der Waals surface area contributed by atoms with Crippen molar-refractivity contribution in [2.75, 3.05) is 14.2 Å². The molecule has 1 atom stereocenters. The lowest BCUT2D eigenvalue weighted by Gasteiger charge is -2.25. The van der Waals surface area contributed by atoms with Crippen LogP contribution in [0, 0.1) is 5.92 Å². The Hall–Kier alpha value is -2.88. The van der Waals surface area contributed by atoms with Gasteiger partial charge in [0, 0.05) is 12.3 Å². The number of allylic oxidation sites excluding steroid dienone is 12. The quantitative estimate of drug-likeness (QED) is 0.142. The highest BCUT2D eigenvalue weighted by Crippen LogP contribution is 2.35. The Morgan fingerprint density at radius 3 is 1.68 bits per heavy atom. The van der Waals surface area contributed by atoms with Crippen LogP contribution in [0.2, 0.25) is 0 Å². The van der Waals surface area contributed by atoms with Crippen molar-refractivity contribution >= 4 is 11.9 Å². The van der Waals surface area contributed by atoms with Gasteiger partial charge >= 0.3 is 11.9 Å². The SMILES string of the molecule is COC(=O)C1=C(C(=O)OC)C(C/C=C(\C)CC/C=C(\C)CCC=C(C)C)C=C(CC/C=C(\C)CCC=C(C)C)C1. The summed E-state index contributed by atoms with van der Waals surface area (Å²) in [6.07, 6.45) is 22.7. The Morgan fingerprint density at radius 1 is 0.700 bits per heavy atom. The predicted octanol–water partition coefficient (Wildman–Crippen LogP) is 9.86. The Balaban J connectivity index is 3.01. The molecule has 0 bridgehead atoms. The first-order valence-corrected chi connectivity index (χ1v) is 14.8. The normalized spacial score (nSPS) is 16.4. The molecule has 222 valence electrons. The Labute approximate surface area is 244 Å². The van der Waals surface area contributed by atoms with E-state index in [0.717, 1.165) is 51.4 Å². The summed E-state index contributed by atoms with van der Waals surface area (Å²) in [7, 11) is 2.74. The van der Waals surface area contributed by atoms with Crippen LogP contribution in [-0.2, 0) is 19.1 Å². The molecular formula is C36H54O4. The van der Waals surface area contributed by atoms with Crippen LogP contribution < -0.4 is 0 Å². The molecule has 0 radical (unpaired) electrons. The van der Waals surface area contributed by atoms with Crippen LogP contribution in [0.15, 0.2) is 81.0 Å². The van der Waals surface area contributed by atoms with Gasteiger partial charge in [-0.05, 0) is 106 Å². The number of hydrogen-bond acceptors (Lipinski definition) is 4. The third-order valence-electron chi connectivity index (χ3n) is 7.27. The number of ether oxygens (including phenoxy) is 2. The molecule has 0 aromatic heterocycles. The van der Waals surface area contributed by atoms with Gasteiger partial charge < -0.3 is 9.47 Å². The number of rotatable bonds is 16. The summed E-state index contributed by atoms with van der Waals surface area (Å²) in [4.78, 5) is 25.6. The van der Waals surface area contributed by atoms with Crippen molar-refractivity contribution in [3.8, 4) is 0 Å². The van der Waals surface area contributed by atoms with Crippen LogP contribution in [0.4, 0.5) is 0 Å². The van der Waals surface area contributed by atoms with E-state index < -0.39 is 11.9 Å². The van der Waals surface area contributed by atoms with Crippen LogP contribution >= 0.6 is 0 Å². The molecule has 4 nitrogen and oxygen atoms in total. The largest absolute Gasteiger partial charge is 0.466 e. The van der Waals surface area contributed by atoms with E-state index in [1.807, 2.05) is 0 Å². The minimum Gasteiger partial charge on any atom is -0.466 e. The Bertz CT molecular complexity index is 1060. The van der Waals surface area contributed by atoms with Crippen LogP contribution in [0.25, 0.3) is 0 Å². The van der Waals surface area contributed by atoms with Gasteiger partial charge in [-0.15, -0.1) is 0 Å². The number of esters is 2. The van der Waals surface area contributed by atoms with Crippen molar-refractivity contribution in [3.05, 3.63) is 81.0 Å². The minimum absolute atomic E-state index is 0.204. The zero-order chi connectivity index (χ0) is 30.1. The van der Waals surface area contributed by atoms with Crippen molar-refractivity contribution in [3.63, 3.8) is 0 Å². The predicted molar refractivity (Wildman–Crippen MR) is 169 cm³/mol. The van der Waals surface area contributed by atoms with Crippen molar-refractivity contribution in [1.82, 2.24) is 0 Å². The van der Waals surface area contributed by atoms with Crippen LogP contribution in [0.1, 0.15) is 113 Å². The standard InChI is InChI=1S/C36H54O4/c1-26(2)14-10-16-28(5)18-12-19-30(7)22-23-32-24-31(21-13-20-29(6)17-11-15-27(3)4)25-33(35(37)39-8)34(32)36(38)40-9/h14-15,18,20,22,24,32H,10-13,16-17,19,21,23,25H2,1-9H3/b28-18+,29-20+,30-22+. The Morgan fingerprint density at radius 2 is 1.18 bits per heavy atom. The van der Waals surface area contributed by atoms with E-state index in [-0.39, 0.29) is 5.92 Å². The second kappa shape index (κ2) is 19.2. The van der Waals surface area contributed by atoms with E-state index >= 15 is 0 Å². The van der Waals surface area contributed by atoms with Gasteiger partial charge in [-0.25, -0.2) is 9.59 Å². The van der Waals surface area contributed by atoms with Crippen molar-refractivity contribution in [2.24, 2.45) is 5.92 Å². The lowest BCUT2D eigenvalue weighted by molar-refractivity contribution is -0.139. The minimum atomic E-state index is -0.448. The first-order chi connectivity index (χ1) is 19.0. The van der Waals surface area contributed by atoms with Crippen molar-refractivity contribution < 1.29 is 19.1 Å². The first kappa shape index (κ1) is 35.1. The van der Waals surface area contributed by atoms with Crippen LogP contribution in [-0.4, -0.2) is 26.2 Å². The molecule has 0 heterocycles. The van der Waals surface area contributed by atoms with E-state index in [2.05, 4.69) is 84.9 Å². The summed E-state index contributed by atoms with van der Waals surface area (Å²) in [5.74, 6) is -1.10. The fourth-order valence-corrected chi connectivity index (χ4v) is 4.88. The second-order valence-corrected chi connectivity index (χ2v) is 11.6. The molecule has 1 aliphatic rings. The summed E-state index contributed by atoms with van der Waals surface area (Å²) >= 11 is 0. The van der Waals surface area contributed by atoms with Gasteiger partial charge in [0.25, 0.3) is 0 Å². The maximum Gasteiger partial charge on any atom is 0.334 e. The number of hydrogen-bond donors (Lipinski definition) is 0. The highest BCUT2D eigenvalue weighted by molar-refractivity contribution is 6.01. The van der Waals surface area contributed by atoms with E-state index in [1.165, 1.54) is 47.7 Å². The smallest absolute Gasteiger partial charge is 0.334 e. The average molecular weight is 551 g/mol. The molecule has 1 aliphatic carbocycles. The topological polar surface area (TPSA) is 52.6 Å². The van der Waals surface area contributed by atoms with Gasteiger partial charge in [0.2, 0.25) is 0 Å². The Kier molecular flexibility index (Phi) is 16.9. The number of carbonyl (C=O) groups is 2. The molecular weight excluding hydrogens is 496 g/mol. The molecule has 0 N–H and O–H groups in total. The molecule has 1 rings (SSSR count). The zero-order valence-electron chi connectivity index (χ0n) is 26.7. The van der Waals surface area contributed by atoms with E-state index in [0.29, 0.717) is 24.0 Å². The summed E-state index contributed by atoms with van der Waals surface area (Å²) in [5.41, 5.74) is 8.84. The monoisotopic (exact) mass is 550 g/mol. The maximum absolute atomic E-state index is 12.8. The summed E-state index contributed by atoms with van der Waals surface area (Å²) in [6.45, 7) is 15.1. The fourth-order valence-electron chi connectivity index (χ4n) is 4.88. The molecule has 0 saturated carbocycles. The van der Waals surface area contributed by atoms with Crippen molar-refractivity contribution in [1.29, 1.82) is 0 Å². The number of methoxy groups -OCH3 is 2. The second-order valence-electron chi connectivity index (χ2n) is 11.6. The molecule has 1 unspecified atom stereocenters. The van der Waals surface area contributed by atoms with Gasteiger partial charge in [0.1, 0.15) is 0 Å². The third-order valence-corrected chi connectivity index (χ3v) is 7.27. The van der Waals surface area contributed by atoms with Gasteiger partial charge in [-0.1, -0.05) is 69.9 Å². The highest BCUT2D eigenvalue weighted by atomic mass is 16.5. The maximum atomic E-state index is 12.8. The molecule has 0 aromatic carbocycles. The molecule has 0 aliphatic heterocycles. The summed E-state index contributed by atoms with van der Waals surface area (Å²) < 4.78 is 10.2. The van der Waals surface area contributed by atoms with E-state index in [9.17, 15) is 9.59 Å². The van der Waals surface area contributed by atoms with E-state index in [1.54, 1.807) is 0 Å². The van der Waals surface area contributed by atoms with E-state index in [4.69, 9.17) is 9.47 Å². The molecule has 0 amide bonds. The van der Waals surface area contributed by atoms with Crippen LogP contribution in [0.5, 0.6) is 0 Å². The fraction of sp³-hybridized carbons (Fsp3) is 0.556. The molecule has 0 saturated heterocycles. The van der Waals surface area contributed by atoms with Gasteiger partial charge in [-0.2, -0.15) is 0 Å². The van der Waals surface area contributed by atoms with Gasteiger partial charge in [0.05, 0.1) is 25.4 Å². The number of carbonyl (C=O) groups excluding carboxylic acids is 2. The lowest BCUT2D eigenvalue weighted by Crippen LogP contribution is -2.23.